The molecule has 5 nitrogen and oxygen atoms in total. The number of nitrogens with zero attached hydrogens (tertiary/aromatic N) is 1. The van der Waals surface area contributed by atoms with Crippen molar-refractivity contribution in [3.05, 3.63) is 119 Å². The molecule has 3 aromatic carbocycles. The molecule has 0 saturated carbocycles. The number of benzene rings is 3. The lowest BCUT2D eigenvalue weighted by Gasteiger charge is -2.17. The number of amides is 2. The molecule has 0 aliphatic heterocycles. The van der Waals surface area contributed by atoms with Crippen molar-refractivity contribution in [3.8, 4) is 0 Å². The van der Waals surface area contributed by atoms with Gasteiger partial charge in [0.1, 0.15) is 16.9 Å². The highest BCUT2D eigenvalue weighted by molar-refractivity contribution is 8.00. The van der Waals surface area contributed by atoms with Crippen molar-refractivity contribution >= 4 is 46.7 Å². The van der Waals surface area contributed by atoms with Gasteiger partial charge in [-0.2, -0.15) is 0 Å². The minimum atomic E-state index is -0.568. The number of nitrogens with one attached hydrogen (secondary N) is 2. The number of hydrogen-bond acceptors (Lipinski definition) is 4. The van der Waals surface area contributed by atoms with Gasteiger partial charge in [0.2, 0.25) is 5.91 Å². The highest BCUT2D eigenvalue weighted by Crippen LogP contribution is 2.37. The van der Waals surface area contributed by atoms with E-state index in [0.29, 0.717) is 22.1 Å². The molecule has 0 aliphatic rings. The zero-order chi connectivity index (χ0) is 23.9. The maximum atomic E-state index is 13.2. The molecule has 4 rings (SSSR count). The predicted octanol–water partition coefficient (Wildman–Crippen LogP) is 6.60. The van der Waals surface area contributed by atoms with Crippen LogP contribution in [0.2, 0.25) is 5.02 Å². The van der Waals surface area contributed by atoms with Gasteiger partial charge in [-0.25, -0.2) is 9.37 Å². The van der Waals surface area contributed by atoms with Crippen molar-refractivity contribution in [2.24, 2.45) is 0 Å². The monoisotopic (exact) mass is 491 g/mol. The molecule has 0 saturated heterocycles. The minimum absolute atomic E-state index is 0.244. The maximum Gasteiger partial charge on any atom is 0.255 e. The average molecular weight is 492 g/mol. The first-order valence-corrected chi connectivity index (χ1v) is 11.5. The van der Waals surface area contributed by atoms with E-state index in [9.17, 15) is 14.0 Å². The van der Waals surface area contributed by atoms with Crippen molar-refractivity contribution < 1.29 is 14.0 Å². The summed E-state index contributed by atoms with van der Waals surface area (Å²) in [7, 11) is 0. The predicted molar refractivity (Wildman–Crippen MR) is 134 cm³/mol. The topological polar surface area (TPSA) is 71.1 Å². The first kappa shape index (κ1) is 23.5. The Morgan fingerprint density at radius 2 is 1.65 bits per heavy atom. The van der Waals surface area contributed by atoms with E-state index in [1.54, 1.807) is 30.3 Å². The Hall–Kier alpha value is -3.68. The Labute approximate surface area is 205 Å². The third-order valence-corrected chi connectivity index (χ3v) is 6.24. The molecule has 34 heavy (non-hydrogen) atoms. The van der Waals surface area contributed by atoms with Crippen LogP contribution in [0, 0.1) is 5.82 Å². The van der Waals surface area contributed by atoms with Crippen molar-refractivity contribution in [2.45, 2.75) is 10.1 Å². The number of aromatic nitrogens is 1. The van der Waals surface area contributed by atoms with Crippen LogP contribution in [0.5, 0.6) is 0 Å². The van der Waals surface area contributed by atoms with E-state index >= 15 is 0 Å². The van der Waals surface area contributed by atoms with Gasteiger partial charge < -0.3 is 10.6 Å². The summed E-state index contributed by atoms with van der Waals surface area (Å²) in [5.74, 6) is -0.606. The van der Waals surface area contributed by atoms with Gasteiger partial charge in [0.25, 0.3) is 5.91 Å². The van der Waals surface area contributed by atoms with E-state index in [2.05, 4.69) is 15.6 Å². The molecule has 1 aromatic heterocycles. The van der Waals surface area contributed by atoms with Crippen LogP contribution in [0.3, 0.4) is 0 Å². The molecule has 0 radical (unpaired) electrons. The molecule has 8 heteroatoms. The van der Waals surface area contributed by atoms with Gasteiger partial charge in [0, 0.05) is 22.3 Å². The van der Waals surface area contributed by atoms with Crippen LogP contribution in [0.15, 0.2) is 102 Å². The Bertz CT molecular complexity index is 1290. The van der Waals surface area contributed by atoms with Crippen LogP contribution in [-0.4, -0.2) is 16.8 Å². The van der Waals surface area contributed by atoms with Crippen LogP contribution in [0.1, 0.15) is 21.2 Å². The normalized spacial score (nSPS) is 11.5. The molecule has 2 amide bonds. The number of carbonyl (C=O) groups is 2. The largest absolute Gasteiger partial charge is 0.322 e. The van der Waals surface area contributed by atoms with Gasteiger partial charge in [-0.3, -0.25) is 9.59 Å². The second-order valence-corrected chi connectivity index (χ2v) is 8.86. The van der Waals surface area contributed by atoms with Crippen LogP contribution < -0.4 is 10.6 Å². The molecule has 1 unspecified atom stereocenters. The van der Waals surface area contributed by atoms with Gasteiger partial charge in [-0.05, 0) is 60.2 Å². The number of hydrogen-bond donors (Lipinski definition) is 2. The second kappa shape index (κ2) is 11.0. The number of thioether (sulfide) groups is 1. The number of pyridine rings is 1. The summed E-state index contributed by atoms with van der Waals surface area (Å²) >= 11 is 7.23. The van der Waals surface area contributed by atoms with Crippen LogP contribution >= 0.6 is 23.4 Å². The zero-order valence-electron chi connectivity index (χ0n) is 17.7. The summed E-state index contributed by atoms with van der Waals surface area (Å²) in [6, 6.07) is 25.2. The smallest absolute Gasteiger partial charge is 0.255 e. The van der Waals surface area contributed by atoms with Gasteiger partial charge >= 0.3 is 0 Å². The lowest BCUT2D eigenvalue weighted by Crippen LogP contribution is -2.19. The Kier molecular flexibility index (Phi) is 7.57. The lowest BCUT2D eigenvalue weighted by molar-refractivity contribution is -0.115. The van der Waals surface area contributed by atoms with Gasteiger partial charge in [0.05, 0.1) is 5.02 Å². The molecule has 0 bridgehead atoms. The fourth-order valence-corrected chi connectivity index (χ4v) is 4.33. The molecule has 1 heterocycles. The highest BCUT2D eigenvalue weighted by atomic mass is 35.5. The molecule has 2 N–H and O–H groups in total. The van der Waals surface area contributed by atoms with E-state index in [1.807, 2.05) is 36.4 Å². The summed E-state index contributed by atoms with van der Waals surface area (Å²) in [6.07, 6.45) is 1.47. The Morgan fingerprint density at radius 3 is 2.35 bits per heavy atom. The standard InChI is InChI=1S/C26H19ClFN3O2S/c27-19-11-14-23(29-16-19)31-26(33)24(17-5-2-1-3-6-17)34-22-8-4-7-21(15-22)30-25(32)18-9-12-20(28)13-10-18/h1-16,24H,(H,30,32)(H,29,31,33). The summed E-state index contributed by atoms with van der Waals surface area (Å²) < 4.78 is 13.1. The second-order valence-electron chi connectivity index (χ2n) is 7.25. The van der Waals surface area contributed by atoms with Crippen molar-refractivity contribution in [1.29, 1.82) is 0 Å². The molecule has 0 fully saturated rings. The summed E-state index contributed by atoms with van der Waals surface area (Å²) in [5.41, 5.74) is 1.72. The summed E-state index contributed by atoms with van der Waals surface area (Å²) in [4.78, 5) is 30.6. The van der Waals surface area contributed by atoms with Gasteiger partial charge in [0.15, 0.2) is 0 Å². The van der Waals surface area contributed by atoms with Crippen molar-refractivity contribution in [2.75, 3.05) is 10.6 Å². The molecule has 170 valence electrons. The van der Waals surface area contributed by atoms with Crippen LogP contribution in [-0.2, 0) is 4.79 Å². The molecular weight excluding hydrogens is 473 g/mol. The quantitative estimate of drug-likeness (QED) is 0.286. The number of anilines is 2. The first-order valence-electron chi connectivity index (χ1n) is 10.3. The summed E-state index contributed by atoms with van der Waals surface area (Å²) in [6.45, 7) is 0. The van der Waals surface area contributed by atoms with Crippen molar-refractivity contribution in [3.63, 3.8) is 0 Å². The third-order valence-electron chi connectivity index (χ3n) is 4.77. The van der Waals surface area contributed by atoms with E-state index in [0.717, 1.165) is 10.5 Å². The van der Waals surface area contributed by atoms with Crippen LogP contribution in [0.4, 0.5) is 15.9 Å². The number of rotatable bonds is 7. The van der Waals surface area contributed by atoms with E-state index < -0.39 is 11.1 Å². The fourth-order valence-electron chi connectivity index (χ4n) is 3.13. The Morgan fingerprint density at radius 1 is 0.882 bits per heavy atom. The fraction of sp³-hybridized carbons (Fsp3) is 0.0385. The maximum absolute atomic E-state index is 13.2. The van der Waals surface area contributed by atoms with E-state index in [-0.39, 0.29) is 11.8 Å². The van der Waals surface area contributed by atoms with E-state index in [1.165, 1.54) is 42.2 Å². The molecule has 0 spiro atoms. The van der Waals surface area contributed by atoms with Crippen molar-refractivity contribution in [1.82, 2.24) is 4.98 Å². The molecule has 4 aromatic rings. The molecular formula is C26H19ClFN3O2S. The highest BCUT2D eigenvalue weighted by Gasteiger charge is 2.23. The first-order chi connectivity index (χ1) is 16.5. The lowest BCUT2D eigenvalue weighted by atomic mass is 10.1. The van der Waals surface area contributed by atoms with Gasteiger partial charge in [-0.15, -0.1) is 11.8 Å². The molecule has 1 atom stereocenters. The van der Waals surface area contributed by atoms with Crippen LogP contribution in [0.25, 0.3) is 0 Å². The minimum Gasteiger partial charge on any atom is -0.322 e. The number of carbonyl (C=O) groups excluding carboxylic acids is 2. The van der Waals surface area contributed by atoms with E-state index in [4.69, 9.17) is 11.6 Å². The SMILES string of the molecule is O=C(Nc1cccc(SC(C(=O)Nc2ccc(Cl)cn2)c2ccccc2)c1)c1ccc(F)cc1. The third kappa shape index (κ3) is 6.21. The van der Waals surface area contributed by atoms with Gasteiger partial charge in [-0.1, -0.05) is 48.0 Å². The Balaban J connectivity index is 1.53. The number of halogens is 2. The zero-order valence-corrected chi connectivity index (χ0v) is 19.3. The summed E-state index contributed by atoms with van der Waals surface area (Å²) in [5, 5.41) is 5.55. The molecule has 0 aliphatic carbocycles. The average Bonchev–Trinajstić information content (AvgIpc) is 2.85.